The van der Waals surface area contributed by atoms with Gasteiger partial charge in [-0.1, -0.05) is 18.2 Å². The molecule has 0 bridgehead atoms. The molecule has 1 aliphatic heterocycles. The number of amides is 1. The van der Waals surface area contributed by atoms with Crippen molar-refractivity contribution < 1.29 is 9.53 Å². The molecule has 1 aromatic heterocycles. The summed E-state index contributed by atoms with van der Waals surface area (Å²) in [4.78, 5) is 22.7. The molecule has 2 heterocycles. The van der Waals surface area contributed by atoms with Crippen LogP contribution in [0.25, 0.3) is 0 Å². The van der Waals surface area contributed by atoms with Crippen molar-refractivity contribution in [3.8, 4) is 5.75 Å². The van der Waals surface area contributed by atoms with Gasteiger partial charge in [-0.05, 0) is 38.0 Å². The average molecular weight is 311 g/mol. The van der Waals surface area contributed by atoms with Crippen molar-refractivity contribution in [1.29, 1.82) is 0 Å². The first-order valence-corrected chi connectivity index (χ1v) is 8.00. The first-order valence-electron chi connectivity index (χ1n) is 8.00. The molecule has 1 unspecified atom stereocenters. The lowest BCUT2D eigenvalue weighted by Crippen LogP contribution is -2.44. The highest BCUT2D eigenvalue weighted by atomic mass is 16.5. The molecule has 1 aromatic carbocycles. The second kappa shape index (κ2) is 7.22. The third-order valence-electron chi connectivity index (χ3n) is 4.23. The summed E-state index contributed by atoms with van der Waals surface area (Å²) >= 11 is 0. The number of hydrogen-bond acceptors (Lipinski definition) is 4. The van der Waals surface area contributed by atoms with Crippen LogP contribution >= 0.6 is 0 Å². The quantitative estimate of drug-likeness (QED) is 0.871. The molecule has 0 aliphatic carbocycles. The van der Waals surface area contributed by atoms with E-state index in [1.807, 2.05) is 48.2 Å². The van der Waals surface area contributed by atoms with Gasteiger partial charge < -0.3 is 9.64 Å². The zero-order valence-electron chi connectivity index (χ0n) is 13.3. The molecule has 0 saturated carbocycles. The van der Waals surface area contributed by atoms with E-state index in [-0.39, 0.29) is 5.91 Å². The van der Waals surface area contributed by atoms with E-state index < -0.39 is 6.10 Å². The van der Waals surface area contributed by atoms with Crippen LogP contribution in [-0.2, 0) is 4.79 Å². The van der Waals surface area contributed by atoms with E-state index >= 15 is 0 Å². The monoisotopic (exact) mass is 311 g/mol. The lowest BCUT2D eigenvalue weighted by Gasteiger charge is -2.33. The molecule has 0 N–H and O–H groups in total. The highest BCUT2D eigenvalue weighted by molar-refractivity contribution is 5.81. The van der Waals surface area contributed by atoms with Crippen molar-refractivity contribution in [3.05, 3.63) is 54.6 Å². The third kappa shape index (κ3) is 3.86. The SMILES string of the molecule is CC(Oc1ccccc1)C(=O)N1CCC(c2ccncn2)CC1. The molecule has 1 saturated heterocycles. The molecular weight excluding hydrogens is 290 g/mol. The van der Waals surface area contributed by atoms with E-state index in [0.29, 0.717) is 5.92 Å². The topological polar surface area (TPSA) is 55.3 Å². The van der Waals surface area contributed by atoms with Gasteiger partial charge in [0.25, 0.3) is 5.91 Å². The number of aromatic nitrogens is 2. The van der Waals surface area contributed by atoms with Crippen molar-refractivity contribution in [2.75, 3.05) is 13.1 Å². The minimum atomic E-state index is -0.465. The van der Waals surface area contributed by atoms with Crippen LogP contribution in [0.3, 0.4) is 0 Å². The lowest BCUT2D eigenvalue weighted by atomic mass is 9.93. The van der Waals surface area contributed by atoms with E-state index in [1.165, 1.54) is 0 Å². The van der Waals surface area contributed by atoms with Crippen LogP contribution in [0, 0.1) is 0 Å². The molecule has 1 fully saturated rings. The minimum Gasteiger partial charge on any atom is -0.481 e. The number of hydrogen-bond donors (Lipinski definition) is 0. The predicted octanol–water partition coefficient (Wildman–Crippen LogP) is 2.65. The second-order valence-electron chi connectivity index (χ2n) is 5.81. The van der Waals surface area contributed by atoms with Crippen molar-refractivity contribution in [1.82, 2.24) is 14.9 Å². The van der Waals surface area contributed by atoms with Gasteiger partial charge in [-0.2, -0.15) is 0 Å². The van der Waals surface area contributed by atoms with Crippen molar-refractivity contribution >= 4 is 5.91 Å². The number of carbonyl (C=O) groups is 1. The predicted molar refractivity (Wildman–Crippen MR) is 87.1 cm³/mol. The number of piperidine rings is 1. The Balaban J connectivity index is 1.54. The maximum absolute atomic E-state index is 12.5. The Morgan fingerprint density at radius 2 is 1.96 bits per heavy atom. The summed E-state index contributed by atoms with van der Waals surface area (Å²) in [6.07, 6.45) is 4.76. The normalized spacial score (nSPS) is 16.8. The number of benzene rings is 1. The van der Waals surface area contributed by atoms with E-state index in [0.717, 1.165) is 37.4 Å². The number of para-hydroxylation sites is 1. The number of likely N-dealkylation sites (tertiary alicyclic amines) is 1. The highest BCUT2D eigenvalue weighted by Gasteiger charge is 2.28. The molecule has 0 radical (unpaired) electrons. The zero-order chi connectivity index (χ0) is 16.1. The summed E-state index contributed by atoms with van der Waals surface area (Å²) in [6.45, 7) is 3.30. The van der Waals surface area contributed by atoms with Gasteiger partial charge in [0.05, 0.1) is 0 Å². The van der Waals surface area contributed by atoms with Crippen LogP contribution < -0.4 is 4.74 Å². The average Bonchev–Trinajstić information content (AvgIpc) is 2.63. The molecule has 1 amide bonds. The van der Waals surface area contributed by atoms with Gasteiger partial charge >= 0.3 is 0 Å². The van der Waals surface area contributed by atoms with E-state index in [1.54, 1.807) is 12.5 Å². The summed E-state index contributed by atoms with van der Waals surface area (Å²) in [6, 6.07) is 11.4. The summed E-state index contributed by atoms with van der Waals surface area (Å²) in [5.41, 5.74) is 1.07. The smallest absolute Gasteiger partial charge is 0.263 e. The number of ether oxygens (including phenoxy) is 1. The van der Waals surface area contributed by atoms with Gasteiger partial charge in [-0.25, -0.2) is 9.97 Å². The molecule has 3 rings (SSSR count). The van der Waals surface area contributed by atoms with Gasteiger partial charge in [-0.15, -0.1) is 0 Å². The van der Waals surface area contributed by atoms with Gasteiger partial charge in [0.2, 0.25) is 0 Å². The molecule has 23 heavy (non-hydrogen) atoms. The summed E-state index contributed by atoms with van der Waals surface area (Å²) in [5.74, 6) is 1.19. The first kappa shape index (κ1) is 15.5. The molecule has 1 aliphatic rings. The Morgan fingerprint density at radius 1 is 1.22 bits per heavy atom. The minimum absolute atomic E-state index is 0.0509. The fourth-order valence-corrected chi connectivity index (χ4v) is 2.95. The van der Waals surface area contributed by atoms with Crippen LogP contribution in [0.4, 0.5) is 0 Å². The number of carbonyl (C=O) groups excluding carboxylic acids is 1. The van der Waals surface area contributed by atoms with Gasteiger partial charge in [0.1, 0.15) is 12.1 Å². The van der Waals surface area contributed by atoms with Gasteiger partial charge in [0, 0.05) is 30.9 Å². The van der Waals surface area contributed by atoms with Crippen molar-refractivity contribution in [2.45, 2.75) is 31.8 Å². The molecule has 120 valence electrons. The van der Waals surface area contributed by atoms with Crippen LogP contribution in [0.2, 0.25) is 0 Å². The van der Waals surface area contributed by atoms with E-state index in [9.17, 15) is 4.79 Å². The van der Waals surface area contributed by atoms with Gasteiger partial charge in [-0.3, -0.25) is 4.79 Å². The van der Waals surface area contributed by atoms with Crippen LogP contribution in [0.15, 0.2) is 48.9 Å². The van der Waals surface area contributed by atoms with Gasteiger partial charge in [0.15, 0.2) is 6.10 Å². The Hall–Kier alpha value is -2.43. The Morgan fingerprint density at radius 3 is 2.61 bits per heavy atom. The molecule has 5 heteroatoms. The Kier molecular flexibility index (Phi) is 4.86. The molecule has 2 aromatic rings. The fraction of sp³-hybridized carbons (Fsp3) is 0.389. The summed E-state index contributed by atoms with van der Waals surface area (Å²) in [7, 11) is 0. The van der Waals surface area contributed by atoms with Crippen LogP contribution in [-0.4, -0.2) is 40.0 Å². The second-order valence-corrected chi connectivity index (χ2v) is 5.81. The number of nitrogens with zero attached hydrogens (tertiary/aromatic N) is 3. The largest absolute Gasteiger partial charge is 0.481 e. The van der Waals surface area contributed by atoms with Crippen molar-refractivity contribution in [3.63, 3.8) is 0 Å². The first-order chi connectivity index (χ1) is 11.2. The van der Waals surface area contributed by atoms with Crippen LogP contribution in [0.1, 0.15) is 31.4 Å². The molecule has 5 nitrogen and oxygen atoms in total. The maximum atomic E-state index is 12.5. The summed E-state index contributed by atoms with van der Waals surface area (Å²) in [5, 5.41) is 0. The third-order valence-corrected chi connectivity index (χ3v) is 4.23. The van der Waals surface area contributed by atoms with E-state index in [4.69, 9.17) is 4.74 Å². The standard InChI is InChI=1S/C18H21N3O2/c1-14(23-16-5-3-2-4-6-16)18(22)21-11-8-15(9-12-21)17-7-10-19-13-20-17/h2-7,10,13-15H,8-9,11-12H2,1H3. The fourth-order valence-electron chi connectivity index (χ4n) is 2.95. The molecular formula is C18H21N3O2. The number of rotatable bonds is 4. The molecule has 1 atom stereocenters. The molecule has 0 spiro atoms. The maximum Gasteiger partial charge on any atom is 0.263 e. The summed E-state index contributed by atoms with van der Waals surface area (Å²) < 4.78 is 5.73. The zero-order valence-corrected chi connectivity index (χ0v) is 13.3. The Bertz CT molecular complexity index is 625. The van der Waals surface area contributed by atoms with E-state index in [2.05, 4.69) is 9.97 Å². The van der Waals surface area contributed by atoms with Crippen LogP contribution in [0.5, 0.6) is 5.75 Å². The van der Waals surface area contributed by atoms with Crippen molar-refractivity contribution in [2.24, 2.45) is 0 Å². The lowest BCUT2D eigenvalue weighted by molar-refractivity contribution is -0.139. The highest BCUT2D eigenvalue weighted by Crippen LogP contribution is 2.26. The Labute approximate surface area is 136 Å².